The van der Waals surface area contributed by atoms with Crippen LogP contribution >= 0.6 is 23.2 Å². The summed E-state index contributed by atoms with van der Waals surface area (Å²) in [5.74, 6) is 1.21. The zero-order valence-corrected chi connectivity index (χ0v) is 11.3. The second-order valence-corrected chi connectivity index (χ2v) is 4.82. The lowest BCUT2D eigenvalue weighted by molar-refractivity contribution is 0.384. The Hall–Kier alpha value is -0.840. The van der Waals surface area contributed by atoms with Gasteiger partial charge in [0.25, 0.3) is 0 Å². The van der Waals surface area contributed by atoms with E-state index in [-0.39, 0.29) is 0 Å². The summed E-state index contributed by atoms with van der Waals surface area (Å²) in [6.45, 7) is 1.74. The molecule has 0 aliphatic carbocycles. The van der Waals surface area contributed by atoms with Gasteiger partial charge in [0.2, 0.25) is 0 Å². The highest BCUT2D eigenvalue weighted by Crippen LogP contribution is 2.19. The predicted octanol–water partition coefficient (Wildman–Crippen LogP) is 2.39. The third kappa shape index (κ3) is 2.70. The first-order valence-corrected chi connectivity index (χ1v) is 6.24. The molecule has 0 saturated carbocycles. The molecule has 2 heterocycles. The summed E-state index contributed by atoms with van der Waals surface area (Å²) in [5.41, 5.74) is 1.64. The largest absolute Gasteiger partial charge is 0.310 e. The Morgan fingerprint density at radius 3 is 2.82 bits per heavy atom. The summed E-state index contributed by atoms with van der Waals surface area (Å²) in [7, 11) is 4.06. The molecular weight excluding hydrogens is 259 g/mol. The van der Waals surface area contributed by atoms with Crippen LogP contribution in [0.5, 0.6) is 0 Å². The standard InChI is InChI=1S/C11H14Cl2N4/c1-16(2)3-4-17-10(6-12)15-9-5-8(13)7-14-11(9)17/h5,7H,3-4,6H2,1-2H3. The summed E-state index contributed by atoms with van der Waals surface area (Å²) in [4.78, 5) is 10.9. The molecule has 0 fully saturated rings. The van der Waals surface area contributed by atoms with Crippen LogP contribution < -0.4 is 0 Å². The molecule has 0 N–H and O–H groups in total. The molecular formula is C11H14Cl2N4. The number of halogens is 2. The zero-order valence-electron chi connectivity index (χ0n) is 9.82. The van der Waals surface area contributed by atoms with Crippen molar-refractivity contribution in [2.75, 3.05) is 20.6 Å². The number of fused-ring (bicyclic) bond motifs is 1. The van der Waals surface area contributed by atoms with Crippen LogP contribution in [0.15, 0.2) is 12.3 Å². The molecule has 6 heteroatoms. The highest BCUT2D eigenvalue weighted by molar-refractivity contribution is 6.31. The number of aromatic nitrogens is 3. The summed E-state index contributed by atoms with van der Waals surface area (Å²) >= 11 is 11.8. The second-order valence-electron chi connectivity index (χ2n) is 4.11. The first-order valence-electron chi connectivity index (χ1n) is 5.33. The van der Waals surface area contributed by atoms with Gasteiger partial charge in [-0.05, 0) is 20.2 Å². The van der Waals surface area contributed by atoms with E-state index in [0.717, 1.165) is 30.1 Å². The van der Waals surface area contributed by atoms with Crippen LogP contribution in [0.2, 0.25) is 5.02 Å². The summed E-state index contributed by atoms with van der Waals surface area (Å²) in [6, 6.07) is 1.81. The van der Waals surface area contributed by atoms with E-state index in [2.05, 4.69) is 14.9 Å². The lowest BCUT2D eigenvalue weighted by Gasteiger charge is -2.11. The first-order chi connectivity index (χ1) is 8.11. The number of nitrogens with zero attached hydrogens (tertiary/aromatic N) is 4. The van der Waals surface area contributed by atoms with E-state index in [1.165, 1.54) is 0 Å². The van der Waals surface area contributed by atoms with Gasteiger partial charge in [-0.15, -0.1) is 11.6 Å². The number of hydrogen-bond donors (Lipinski definition) is 0. The Kier molecular flexibility index (Phi) is 3.86. The van der Waals surface area contributed by atoms with Crippen molar-refractivity contribution in [3.63, 3.8) is 0 Å². The van der Waals surface area contributed by atoms with Crippen LogP contribution in [-0.2, 0) is 12.4 Å². The number of imidazole rings is 1. The Balaban J connectivity index is 2.43. The quantitative estimate of drug-likeness (QED) is 0.802. The number of likely N-dealkylation sites (N-methyl/N-ethyl adjacent to an activating group) is 1. The highest BCUT2D eigenvalue weighted by Gasteiger charge is 2.11. The zero-order chi connectivity index (χ0) is 12.4. The minimum Gasteiger partial charge on any atom is -0.310 e. The van der Waals surface area contributed by atoms with E-state index >= 15 is 0 Å². The first kappa shape index (κ1) is 12.6. The third-order valence-corrected chi connectivity index (χ3v) is 2.97. The molecule has 0 aliphatic heterocycles. The molecule has 0 spiro atoms. The molecule has 0 amide bonds. The van der Waals surface area contributed by atoms with Crippen molar-refractivity contribution in [1.29, 1.82) is 0 Å². The van der Waals surface area contributed by atoms with Crippen molar-refractivity contribution in [2.24, 2.45) is 0 Å². The molecule has 2 aromatic heterocycles. The maximum absolute atomic E-state index is 5.90. The SMILES string of the molecule is CN(C)CCn1c(CCl)nc2cc(Cl)cnc21. The van der Waals surface area contributed by atoms with E-state index in [0.29, 0.717) is 10.9 Å². The van der Waals surface area contributed by atoms with E-state index in [1.807, 2.05) is 24.7 Å². The fourth-order valence-corrected chi connectivity index (χ4v) is 2.03. The lowest BCUT2D eigenvalue weighted by Crippen LogP contribution is -2.19. The van der Waals surface area contributed by atoms with Gasteiger partial charge in [-0.1, -0.05) is 11.6 Å². The molecule has 0 radical (unpaired) electrons. The smallest absolute Gasteiger partial charge is 0.160 e. The van der Waals surface area contributed by atoms with Gasteiger partial charge in [0.1, 0.15) is 11.3 Å². The average molecular weight is 273 g/mol. The van der Waals surface area contributed by atoms with Crippen LogP contribution in [-0.4, -0.2) is 40.1 Å². The average Bonchev–Trinajstić information content (AvgIpc) is 2.63. The van der Waals surface area contributed by atoms with Crippen molar-refractivity contribution in [2.45, 2.75) is 12.4 Å². The van der Waals surface area contributed by atoms with E-state index in [4.69, 9.17) is 23.2 Å². The Morgan fingerprint density at radius 2 is 2.18 bits per heavy atom. The topological polar surface area (TPSA) is 34.0 Å². The van der Waals surface area contributed by atoms with Crippen LogP contribution in [0.4, 0.5) is 0 Å². The molecule has 2 rings (SSSR count). The minimum atomic E-state index is 0.376. The second kappa shape index (κ2) is 5.21. The van der Waals surface area contributed by atoms with Gasteiger partial charge in [-0.3, -0.25) is 0 Å². The molecule has 2 aromatic rings. The van der Waals surface area contributed by atoms with Gasteiger partial charge in [-0.25, -0.2) is 9.97 Å². The lowest BCUT2D eigenvalue weighted by atomic mass is 10.4. The molecule has 0 aliphatic rings. The summed E-state index contributed by atoms with van der Waals surface area (Å²) < 4.78 is 2.04. The monoisotopic (exact) mass is 272 g/mol. The van der Waals surface area contributed by atoms with Gasteiger partial charge >= 0.3 is 0 Å². The van der Waals surface area contributed by atoms with Gasteiger partial charge in [0, 0.05) is 19.3 Å². The van der Waals surface area contributed by atoms with E-state index < -0.39 is 0 Å². The van der Waals surface area contributed by atoms with Crippen LogP contribution in [0.1, 0.15) is 5.82 Å². The van der Waals surface area contributed by atoms with Crippen molar-refractivity contribution >= 4 is 34.4 Å². The fraction of sp³-hybridized carbons (Fsp3) is 0.455. The molecule has 4 nitrogen and oxygen atoms in total. The molecule has 0 unspecified atom stereocenters. The van der Waals surface area contributed by atoms with Crippen LogP contribution in [0, 0.1) is 0 Å². The normalized spacial score (nSPS) is 11.6. The Labute approximate surface area is 110 Å². The molecule has 92 valence electrons. The molecule has 0 bridgehead atoms. The minimum absolute atomic E-state index is 0.376. The van der Waals surface area contributed by atoms with E-state index in [1.54, 1.807) is 6.20 Å². The van der Waals surface area contributed by atoms with Crippen molar-refractivity contribution in [1.82, 2.24) is 19.4 Å². The third-order valence-electron chi connectivity index (χ3n) is 2.52. The maximum Gasteiger partial charge on any atom is 0.160 e. The van der Waals surface area contributed by atoms with Crippen LogP contribution in [0.3, 0.4) is 0 Å². The van der Waals surface area contributed by atoms with Crippen molar-refractivity contribution in [3.8, 4) is 0 Å². The highest BCUT2D eigenvalue weighted by atomic mass is 35.5. The number of hydrogen-bond acceptors (Lipinski definition) is 3. The van der Waals surface area contributed by atoms with Gasteiger partial charge in [0.15, 0.2) is 5.65 Å². The van der Waals surface area contributed by atoms with Crippen molar-refractivity contribution < 1.29 is 0 Å². The van der Waals surface area contributed by atoms with E-state index in [9.17, 15) is 0 Å². The Bertz CT molecular complexity index is 521. The predicted molar refractivity (Wildman–Crippen MR) is 70.6 cm³/mol. The number of pyridine rings is 1. The van der Waals surface area contributed by atoms with Crippen molar-refractivity contribution in [3.05, 3.63) is 23.1 Å². The molecule has 0 saturated heterocycles. The summed E-state index contributed by atoms with van der Waals surface area (Å²) in [5, 5.41) is 0.593. The van der Waals surface area contributed by atoms with Gasteiger partial charge in [0.05, 0.1) is 10.9 Å². The molecule has 0 atom stereocenters. The summed E-state index contributed by atoms with van der Waals surface area (Å²) in [6.07, 6.45) is 1.63. The Morgan fingerprint density at radius 1 is 1.41 bits per heavy atom. The number of alkyl halides is 1. The van der Waals surface area contributed by atoms with Gasteiger partial charge < -0.3 is 9.47 Å². The fourth-order valence-electron chi connectivity index (χ4n) is 1.67. The van der Waals surface area contributed by atoms with Gasteiger partial charge in [-0.2, -0.15) is 0 Å². The number of rotatable bonds is 4. The maximum atomic E-state index is 5.90. The molecule has 0 aromatic carbocycles. The molecule has 17 heavy (non-hydrogen) atoms. The van der Waals surface area contributed by atoms with Crippen LogP contribution in [0.25, 0.3) is 11.2 Å².